The van der Waals surface area contributed by atoms with Gasteiger partial charge in [0.2, 0.25) is 0 Å². The lowest BCUT2D eigenvalue weighted by Gasteiger charge is -2.21. The Hall–Kier alpha value is -0.780. The maximum Gasteiger partial charge on any atom is -0.0279 e. The third-order valence-corrected chi connectivity index (χ3v) is 3.37. The predicted molar refractivity (Wildman–Crippen MR) is 72.4 cm³/mol. The molecule has 1 aromatic carbocycles. The molecular formula is C16H25. The van der Waals surface area contributed by atoms with E-state index >= 15 is 0 Å². The fourth-order valence-electron chi connectivity index (χ4n) is 1.73. The van der Waals surface area contributed by atoms with Crippen LogP contribution in [0.4, 0.5) is 0 Å². The third kappa shape index (κ3) is 5.34. The van der Waals surface area contributed by atoms with Gasteiger partial charge in [0.15, 0.2) is 0 Å². The van der Waals surface area contributed by atoms with Gasteiger partial charge >= 0.3 is 0 Å². The van der Waals surface area contributed by atoms with E-state index in [0.717, 1.165) is 0 Å². The Kier molecular flexibility index (Phi) is 5.59. The van der Waals surface area contributed by atoms with Crippen molar-refractivity contribution in [1.29, 1.82) is 0 Å². The Labute approximate surface area is 101 Å². The molecule has 0 aliphatic heterocycles. The van der Waals surface area contributed by atoms with Gasteiger partial charge in [0.1, 0.15) is 0 Å². The summed E-state index contributed by atoms with van der Waals surface area (Å²) in [6.07, 6.45) is 8.72. The van der Waals surface area contributed by atoms with E-state index in [2.05, 4.69) is 57.5 Å². The lowest BCUT2D eigenvalue weighted by atomic mass is 9.84. The number of aryl methyl sites for hydroxylation is 1. The van der Waals surface area contributed by atoms with E-state index in [-0.39, 0.29) is 0 Å². The van der Waals surface area contributed by atoms with Crippen LogP contribution in [-0.4, -0.2) is 0 Å². The van der Waals surface area contributed by atoms with Crippen LogP contribution in [-0.2, 0) is 6.42 Å². The molecule has 0 atom stereocenters. The van der Waals surface area contributed by atoms with Crippen LogP contribution in [0.2, 0.25) is 0 Å². The summed E-state index contributed by atoms with van der Waals surface area (Å²) in [5.41, 5.74) is 1.96. The molecule has 0 spiro atoms. The van der Waals surface area contributed by atoms with Crippen molar-refractivity contribution in [3.63, 3.8) is 0 Å². The average Bonchev–Trinajstić information content (AvgIpc) is 2.30. The van der Waals surface area contributed by atoms with Gasteiger partial charge in [0.25, 0.3) is 0 Å². The Morgan fingerprint density at radius 1 is 1.12 bits per heavy atom. The van der Waals surface area contributed by atoms with Crippen molar-refractivity contribution >= 4 is 0 Å². The lowest BCUT2D eigenvalue weighted by molar-refractivity contribution is 0.341. The van der Waals surface area contributed by atoms with Crippen LogP contribution < -0.4 is 0 Å². The molecule has 16 heavy (non-hydrogen) atoms. The molecule has 0 unspecified atom stereocenters. The van der Waals surface area contributed by atoms with E-state index in [1.807, 2.05) is 0 Å². The van der Waals surface area contributed by atoms with Gasteiger partial charge in [-0.25, -0.2) is 0 Å². The van der Waals surface area contributed by atoms with Gasteiger partial charge in [0, 0.05) is 0 Å². The van der Waals surface area contributed by atoms with E-state index < -0.39 is 0 Å². The number of rotatable bonds is 7. The second kappa shape index (κ2) is 6.73. The van der Waals surface area contributed by atoms with Crippen LogP contribution in [0.3, 0.4) is 0 Å². The fourth-order valence-corrected chi connectivity index (χ4v) is 1.73. The summed E-state index contributed by atoms with van der Waals surface area (Å²) in [4.78, 5) is 0. The Morgan fingerprint density at radius 3 is 2.44 bits per heavy atom. The van der Waals surface area contributed by atoms with Crippen molar-refractivity contribution in [2.75, 3.05) is 0 Å². The summed E-state index contributed by atoms with van der Waals surface area (Å²) in [6.45, 7) is 6.97. The topological polar surface area (TPSA) is 0 Å². The molecule has 0 aromatic heterocycles. The third-order valence-electron chi connectivity index (χ3n) is 3.37. The summed E-state index contributed by atoms with van der Waals surface area (Å²) < 4.78 is 0. The molecule has 1 rings (SSSR count). The maximum atomic E-state index is 2.46. The van der Waals surface area contributed by atoms with Crippen LogP contribution in [0.5, 0.6) is 0 Å². The lowest BCUT2D eigenvalue weighted by Crippen LogP contribution is -2.09. The quantitative estimate of drug-likeness (QED) is 0.561. The molecule has 0 fully saturated rings. The molecule has 1 radical (unpaired) electrons. The molecule has 0 nitrogen and oxygen atoms in total. The van der Waals surface area contributed by atoms with Crippen molar-refractivity contribution in [3.05, 3.63) is 42.3 Å². The summed E-state index contributed by atoms with van der Waals surface area (Å²) in [6, 6.07) is 10.8. The van der Waals surface area contributed by atoms with E-state index in [9.17, 15) is 0 Å². The highest BCUT2D eigenvalue weighted by molar-refractivity contribution is 5.14. The van der Waals surface area contributed by atoms with Crippen LogP contribution in [0.15, 0.2) is 30.3 Å². The van der Waals surface area contributed by atoms with E-state index in [1.165, 1.54) is 37.7 Å². The van der Waals surface area contributed by atoms with E-state index in [0.29, 0.717) is 5.41 Å². The molecule has 0 saturated carbocycles. The standard InChI is InChI=1S/C16H25/c1-4-16(2,3)14-10-6-9-13-15-11-7-5-8-12-15/h5,7-8,10-12H,4,6,9,13-14H2,1-3H3. The van der Waals surface area contributed by atoms with Gasteiger partial charge in [0.05, 0.1) is 0 Å². The van der Waals surface area contributed by atoms with Crippen molar-refractivity contribution in [2.45, 2.75) is 52.9 Å². The summed E-state index contributed by atoms with van der Waals surface area (Å²) in [7, 11) is 0. The first-order valence-electron chi connectivity index (χ1n) is 6.49. The highest BCUT2D eigenvalue weighted by Gasteiger charge is 2.13. The van der Waals surface area contributed by atoms with Crippen molar-refractivity contribution in [3.8, 4) is 0 Å². The molecule has 0 saturated heterocycles. The first-order chi connectivity index (χ1) is 7.64. The Morgan fingerprint density at radius 2 is 1.81 bits per heavy atom. The molecular weight excluding hydrogens is 192 g/mol. The Bertz CT molecular complexity index is 271. The van der Waals surface area contributed by atoms with Gasteiger partial charge in [-0.1, -0.05) is 57.5 Å². The molecule has 0 amide bonds. The number of hydrogen-bond donors (Lipinski definition) is 0. The summed E-state index contributed by atoms with van der Waals surface area (Å²) >= 11 is 0. The minimum atomic E-state index is 0.493. The summed E-state index contributed by atoms with van der Waals surface area (Å²) in [5.74, 6) is 0. The monoisotopic (exact) mass is 217 g/mol. The zero-order valence-corrected chi connectivity index (χ0v) is 11.0. The molecule has 1 aromatic rings. The molecule has 0 aliphatic carbocycles. The van der Waals surface area contributed by atoms with E-state index in [4.69, 9.17) is 0 Å². The SMILES string of the molecule is CCC(C)(C)C[CH]CCCc1ccccc1. The molecule has 0 heterocycles. The van der Waals surface area contributed by atoms with Gasteiger partial charge in [-0.3, -0.25) is 0 Å². The van der Waals surface area contributed by atoms with Gasteiger partial charge in [-0.2, -0.15) is 0 Å². The second-order valence-electron chi connectivity index (χ2n) is 5.39. The second-order valence-corrected chi connectivity index (χ2v) is 5.39. The minimum Gasteiger partial charge on any atom is -0.0649 e. The zero-order valence-electron chi connectivity index (χ0n) is 11.0. The normalized spacial score (nSPS) is 11.7. The average molecular weight is 217 g/mol. The molecule has 0 heteroatoms. The van der Waals surface area contributed by atoms with Crippen LogP contribution in [0, 0.1) is 11.8 Å². The van der Waals surface area contributed by atoms with Gasteiger partial charge in [-0.15, -0.1) is 0 Å². The Balaban J connectivity index is 2.09. The maximum absolute atomic E-state index is 2.46. The van der Waals surface area contributed by atoms with Crippen LogP contribution >= 0.6 is 0 Å². The summed E-state index contributed by atoms with van der Waals surface area (Å²) in [5, 5.41) is 0. The van der Waals surface area contributed by atoms with Gasteiger partial charge in [-0.05, 0) is 43.1 Å². The minimum absolute atomic E-state index is 0.493. The molecule has 0 bridgehead atoms. The number of unbranched alkanes of at least 4 members (excludes halogenated alkanes) is 2. The van der Waals surface area contributed by atoms with Crippen molar-refractivity contribution < 1.29 is 0 Å². The highest BCUT2D eigenvalue weighted by atomic mass is 14.2. The fraction of sp³-hybridized carbons (Fsp3) is 0.562. The smallest absolute Gasteiger partial charge is 0.0279 e. The first kappa shape index (κ1) is 13.3. The molecule has 89 valence electrons. The first-order valence-corrected chi connectivity index (χ1v) is 6.49. The number of hydrogen-bond acceptors (Lipinski definition) is 0. The van der Waals surface area contributed by atoms with Crippen LogP contribution in [0.1, 0.15) is 52.0 Å². The molecule has 0 N–H and O–H groups in total. The largest absolute Gasteiger partial charge is 0.0649 e. The highest BCUT2D eigenvalue weighted by Crippen LogP contribution is 2.26. The predicted octanol–water partition coefficient (Wildman–Crippen LogP) is 5.04. The van der Waals surface area contributed by atoms with Crippen LogP contribution in [0.25, 0.3) is 0 Å². The molecule has 0 aliphatic rings. The van der Waals surface area contributed by atoms with E-state index in [1.54, 1.807) is 0 Å². The van der Waals surface area contributed by atoms with Crippen molar-refractivity contribution in [2.24, 2.45) is 5.41 Å². The zero-order chi connectivity index (χ0) is 11.9. The number of benzene rings is 1. The van der Waals surface area contributed by atoms with Gasteiger partial charge < -0.3 is 0 Å². The van der Waals surface area contributed by atoms with Crippen molar-refractivity contribution in [1.82, 2.24) is 0 Å².